The minimum atomic E-state index is -0.304. The molecule has 0 radical (unpaired) electrons. The van der Waals surface area contributed by atoms with Gasteiger partial charge in [-0.3, -0.25) is 0 Å². The van der Waals surface area contributed by atoms with Crippen LogP contribution in [-0.4, -0.2) is 12.6 Å². The highest BCUT2D eigenvalue weighted by Crippen LogP contribution is 2.40. The van der Waals surface area contributed by atoms with Crippen molar-refractivity contribution in [2.24, 2.45) is 5.41 Å². The van der Waals surface area contributed by atoms with Crippen molar-refractivity contribution >= 4 is 11.6 Å². The van der Waals surface area contributed by atoms with Gasteiger partial charge in [-0.05, 0) is 61.8 Å². The van der Waals surface area contributed by atoms with Crippen LogP contribution in [0.5, 0.6) is 0 Å². The molecule has 0 bridgehead atoms. The van der Waals surface area contributed by atoms with Crippen LogP contribution in [0.1, 0.15) is 45.1 Å². The van der Waals surface area contributed by atoms with Gasteiger partial charge in [-0.1, -0.05) is 31.5 Å². The molecule has 1 saturated carbocycles. The fourth-order valence-electron chi connectivity index (χ4n) is 3.15. The summed E-state index contributed by atoms with van der Waals surface area (Å²) in [4.78, 5) is 0. The molecule has 1 aliphatic carbocycles. The Labute approximate surface area is 120 Å². The van der Waals surface area contributed by atoms with Crippen LogP contribution < -0.4 is 5.32 Å². The molecule has 0 aromatic heterocycles. The molecule has 0 amide bonds. The highest BCUT2D eigenvalue weighted by atomic mass is 35.5. The Balaban J connectivity index is 1.96. The lowest BCUT2D eigenvalue weighted by Crippen LogP contribution is -2.28. The van der Waals surface area contributed by atoms with Crippen LogP contribution in [0.4, 0.5) is 4.39 Å². The molecule has 2 atom stereocenters. The van der Waals surface area contributed by atoms with Gasteiger partial charge in [0.2, 0.25) is 0 Å². The molecule has 1 aliphatic rings. The molecule has 0 aliphatic heterocycles. The summed E-state index contributed by atoms with van der Waals surface area (Å²) in [5.41, 5.74) is 1.34. The Morgan fingerprint density at radius 1 is 1.47 bits per heavy atom. The van der Waals surface area contributed by atoms with Crippen LogP contribution in [0.2, 0.25) is 5.02 Å². The Morgan fingerprint density at radius 3 is 2.95 bits per heavy atom. The number of nitrogens with one attached hydrogen (secondary N) is 1. The zero-order valence-corrected chi connectivity index (χ0v) is 12.6. The average Bonchev–Trinajstić information content (AvgIpc) is 2.73. The monoisotopic (exact) mass is 283 g/mol. The van der Waals surface area contributed by atoms with Crippen molar-refractivity contribution < 1.29 is 4.39 Å². The van der Waals surface area contributed by atoms with Crippen molar-refractivity contribution in [3.63, 3.8) is 0 Å². The van der Waals surface area contributed by atoms with Gasteiger partial charge in [0.05, 0.1) is 5.02 Å². The molecule has 1 aromatic rings. The molecule has 19 heavy (non-hydrogen) atoms. The lowest BCUT2D eigenvalue weighted by Gasteiger charge is -2.24. The largest absolute Gasteiger partial charge is 0.314 e. The first-order valence-electron chi connectivity index (χ1n) is 7.20. The smallest absolute Gasteiger partial charge is 0.142 e. The summed E-state index contributed by atoms with van der Waals surface area (Å²) in [6, 6.07) is 5.82. The molecule has 1 N–H and O–H groups in total. The van der Waals surface area contributed by atoms with Gasteiger partial charge in [-0.15, -0.1) is 0 Å². The molecule has 0 heterocycles. The highest BCUT2D eigenvalue weighted by Gasteiger charge is 2.34. The maximum Gasteiger partial charge on any atom is 0.142 e. The van der Waals surface area contributed by atoms with E-state index in [1.54, 1.807) is 12.1 Å². The lowest BCUT2D eigenvalue weighted by atomic mass is 9.82. The second kappa shape index (κ2) is 6.23. The number of hydrogen-bond donors (Lipinski definition) is 1. The van der Waals surface area contributed by atoms with E-state index >= 15 is 0 Å². The van der Waals surface area contributed by atoms with E-state index < -0.39 is 0 Å². The fraction of sp³-hybridized carbons (Fsp3) is 0.625. The minimum Gasteiger partial charge on any atom is -0.314 e. The zero-order chi connectivity index (χ0) is 13.9. The van der Waals surface area contributed by atoms with E-state index in [0.717, 1.165) is 18.5 Å². The van der Waals surface area contributed by atoms with Crippen LogP contribution in [0.25, 0.3) is 0 Å². The Bertz CT molecular complexity index is 435. The van der Waals surface area contributed by atoms with Crippen molar-refractivity contribution in [3.8, 4) is 0 Å². The average molecular weight is 284 g/mol. The molecule has 0 spiro atoms. The van der Waals surface area contributed by atoms with E-state index in [9.17, 15) is 4.39 Å². The van der Waals surface area contributed by atoms with Gasteiger partial charge in [0, 0.05) is 6.04 Å². The third-order valence-corrected chi connectivity index (χ3v) is 4.44. The number of hydrogen-bond acceptors (Lipinski definition) is 1. The number of halogens is 2. The Kier molecular flexibility index (Phi) is 4.86. The van der Waals surface area contributed by atoms with E-state index in [1.165, 1.54) is 25.7 Å². The second-order valence-corrected chi connectivity index (χ2v) is 6.54. The van der Waals surface area contributed by atoms with Gasteiger partial charge in [0.15, 0.2) is 0 Å². The van der Waals surface area contributed by atoms with Gasteiger partial charge in [-0.25, -0.2) is 4.39 Å². The topological polar surface area (TPSA) is 12.0 Å². The molecular formula is C16H23ClFN. The summed E-state index contributed by atoms with van der Waals surface area (Å²) in [5.74, 6) is -0.304. The lowest BCUT2D eigenvalue weighted by molar-refractivity contribution is 0.321. The summed E-state index contributed by atoms with van der Waals surface area (Å²) >= 11 is 5.73. The normalized spacial score (nSPS) is 26.8. The van der Waals surface area contributed by atoms with Gasteiger partial charge in [0.1, 0.15) is 5.82 Å². The summed E-state index contributed by atoms with van der Waals surface area (Å²) in [6.45, 7) is 5.60. The molecule has 3 heteroatoms. The van der Waals surface area contributed by atoms with Crippen LogP contribution in [0.15, 0.2) is 18.2 Å². The number of rotatable bonds is 5. The van der Waals surface area contributed by atoms with Crippen molar-refractivity contribution in [2.75, 3.05) is 6.54 Å². The van der Waals surface area contributed by atoms with Crippen LogP contribution in [-0.2, 0) is 6.42 Å². The third-order valence-electron chi connectivity index (χ3n) is 4.13. The molecular weight excluding hydrogens is 261 g/mol. The summed E-state index contributed by atoms with van der Waals surface area (Å²) < 4.78 is 13.5. The van der Waals surface area contributed by atoms with Gasteiger partial charge >= 0.3 is 0 Å². The summed E-state index contributed by atoms with van der Waals surface area (Å²) in [5, 5.41) is 3.81. The molecule has 1 aromatic carbocycles. The van der Waals surface area contributed by atoms with Crippen molar-refractivity contribution in [3.05, 3.63) is 34.6 Å². The van der Waals surface area contributed by atoms with E-state index in [4.69, 9.17) is 11.6 Å². The third kappa shape index (κ3) is 3.93. The standard InChI is InChI=1S/C16H23ClFN/c1-3-8-19-13-6-7-16(2,11-13)10-12-4-5-14(17)15(18)9-12/h4-5,9,13,19H,3,6-8,10-11H2,1-2H3. The van der Waals surface area contributed by atoms with E-state index in [2.05, 4.69) is 19.2 Å². The Morgan fingerprint density at radius 2 is 2.26 bits per heavy atom. The molecule has 2 rings (SSSR count). The zero-order valence-electron chi connectivity index (χ0n) is 11.8. The maximum atomic E-state index is 13.5. The first kappa shape index (κ1) is 14.8. The fourth-order valence-corrected chi connectivity index (χ4v) is 3.26. The first-order chi connectivity index (χ1) is 9.02. The molecule has 1 fully saturated rings. The summed E-state index contributed by atoms with van der Waals surface area (Å²) in [6.07, 6.45) is 5.73. The quantitative estimate of drug-likeness (QED) is 0.834. The Hall–Kier alpha value is -0.600. The van der Waals surface area contributed by atoms with Crippen LogP contribution >= 0.6 is 11.6 Å². The van der Waals surface area contributed by atoms with E-state index in [1.807, 2.05) is 6.07 Å². The summed E-state index contributed by atoms with van der Waals surface area (Å²) in [7, 11) is 0. The minimum absolute atomic E-state index is 0.211. The SMILES string of the molecule is CCCNC1CCC(C)(Cc2ccc(Cl)c(F)c2)C1. The van der Waals surface area contributed by atoms with Gasteiger partial charge < -0.3 is 5.32 Å². The molecule has 0 saturated heterocycles. The van der Waals surface area contributed by atoms with Crippen molar-refractivity contribution in [1.82, 2.24) is 5.32 Å². The van der Waals surface area contributed by atoms with Crippen molar-refractivity contribution in [2.45, 2.75) is 52.0 Å². The van der Waals surface area contributed by atoms with E-state index in [0.29, 0.717) is 6.04 Å². The highest BCUT2D eigenvalue weighted by molar-refractivity contribution is 6.30. The number of benzene rings is 1. The molecule has 106 valence electrons. The molecule has 2 unspecified atom stereocenters. The van der Waals surface area contributed by atoms with Crippen molar-refractivity contribution in [1.29, 1.82) is 0 Å². The van der Waals surface area contributed by atoms with E-state index in [-0.39, 0.29) is 16.3 Å². The first-order valence-corrected chi connectivity index (χ1v) is 7.57. The molecule has 1 nitrogen and oxygen atoms in total. The predicted octanol–water partition coefficient (Wildman–Crippen LogP) is 4.58. The van der Waals surface area contributed by atoms with Gasteiger partial charge in [-0.2, -0.15) is 0 Å². The van der Waals surface area contributed by atoms with Crippen LogP contribution in [0, 0.1) is 11.2 Å². The predicted molar refractivity (Wildman–Crippen MR) is 79.2 cm³/mol. The van der Waals surface area contributed by atoms with Gasteiger partial charge in [0.25, 0.3) is 0 Å². The second-order valence-electron chi connectivity index (χ2n) is 6.13. The van der Waals surface area contributed by atoms with Crippen LogP contribution in [0.3, 0.4) is 0 Å². The maximum absolute atomic E-state index is 13.5.